The van der Waals surface area contributed by atoms with Crippen LogP contribution in [0.25, 0.3) is 0 Å². The molecule has 1 aromatic heterocycles. The van der Waals surface area contributed by atoms with Crippen molar-refractivity contribution >= 4 is 11.7 Å². The predicted octanol–water partition coefficient (Wildman–Crippen LogP) is 2.98. The smallest absolute Gasteiger partial charge is 0.226 e. The van der Waals surface area contributed by atoms with Crippen molar-refractivity contribution in [2.24, 2.45) is 17.8 Å². The van der Waals surface area contributed by atoms with Crippen molar-refractivity contribution in [2.45, 2.75) is 77.5 Å². The van der Waals surface area contributed by atoms with Crippen LogP contribution in [0.5, 0.6) is 0 Å². The fourth-order valence-corrected chi connectivity index (χ4v) is 5.63. The minimum atomic E-state index is -0.295. The number of aromatic nitrogens is 1. The summed E-state index contributed by atoms with van der Waals surface area (Å²) in [6.07, 6.45) is 3.82. The van der Waals surface area contributed by atoms with E-state index in [9.17, 15) is 15.2 Å². The minimum absolute atomic E-state index is 0.0250. The number of nitriles is 1. The zero-order valence-corrected chi connectivity index (χ0v) is 20.3. The van der Waals surface area contributed by atoms with E-state index in [-0.39, 0.29) is 36.0 Å². The van der Waals surface area contributed by atoms with E-state index in [1.807, 2.05) is 4.90 Å². The van der Waals surface area contributed by atoms with E-state index in [2.05, 4.69) is 38.7 Å². The third-order valence-corrected chi connectivity index (χ3v) is 7.96. The third kappa shape index (κ3) is 4.13. The largest absolute Gasteiger partial charge is 0.396 e. The molecule has 33 heavy (non-hydrogen) atoms. The van der Waals surface area contributed by atoms with Gasteiger partial charge in [-0.15, -0.1) is 0 Å². The topological polar surface area (TPSA) is 89.7 Å². The molecule has 5 rings (SSSR count). The van der Waals surface area contributed by atoms with Crippen molar-refractivity contribution in [1.29, 1.82) is 5.26 Å². The summed E-state index contributed by atoms with van der Waals surface area (Å²) in [6.45, 7) is 11.1. The lowest BCUT2D eigenvalue weighted by atomic mass is 9.87. The van der Waals surface area contributed by atoms with Crippen LogP contribution in [0, 0.1) is 29.1 Å². The maximum absolute atomic E-state index is 13.1. The second kappa shape index (κ2) is 8.25. The summed E-state index contributed by atoms with van der Waals surface area (Å²) in [4.78, 5) is 22.5. The number of anilines is 1. The van der Waals surface area contributed by atoms with Gasteiger partial charge in [0.2, 0.25) is 5.91 Å². The van der Waals surface area contributed by atoms with Gasteiger partial charge in [0.15, 0.2) is 0 Å². The third-order valence-electron chi connectivity index (χ3n) is 7.96. The molecule has 1 unspecified atom stereocenters. The number of ether oxygens (including phenoxy) is 1. The molecule has 1 N–H and O–H groups in total. The Morgan fingerprint density at radius 3 is 2.67 bits per heavy atom. The van der Waals surface area contributed by atoms with Crippen LogP contribution in [0.2, 0.25) is 0 Å². The van der Waals surface area contributed by atoms with Gasteiger partial charge < -0.3 is 19.6 Å². The SMILES string of the molecule is CC(C)[C@@H]1CN(c2nc(C3CC3)c3c(c2C#N)CC(C)(C)OC3)CCN1C(=O)C1C[C@H]1CO. The number of amides is 1. The number of hydrogen-bond acceptors (Lipinski definition) is 6. The molecule has 0 spiro atoms. The number of nitrogens with zero attached hydrogens (tertiary/aromatic N) is 4. The van der Waals surface area contributed by atoms with Gasteiger partial charge in [0.1, 0.15) is 11.9 Å². The van der Waals surface area contributed by atoms with Gasteiger partial charge in [-0.25, -0.2) is 4.98 Å². The van der Waals surface area contributed by atoms with Crippen molar-refractivity contribution < 1.29 is 14.6 Å². The molecule has 0 aromatic carbocycles. The van der Waals surface area contributed by atoms with E-state index < -0.39 is 0 Å². The van der Waals surface area contributed by atoms with E-state index in [1.54, 1.807) is 0 Å². The summed E-state index contributed by atoms with van der Waals surface area (Å²) in [5, 5.41) is 19.7. The summed E-state index contributed by atoms with van der Waals surface area (Å²) < 4.78 is 6.11. The molecule has 2 saturated carbocycles. The van der Waals surface area contributed by atoms with E-state index in [1.165, 1.54) is 0 Å². The van der Waals surface area contributed by atoms with Crippen molar-refractivity contribution in [3.05, 3.63) is 22.4 Å². The second-order valence-electron chi connectivity index (χ2n) is 11.3. The van der Waals surface area contributed by atoms with Gasteiger partial charge in [-0.2, -0.15) is 5.26 Å². The van der Waals surface area contributed by atoms with Crippen LogP contribution in [0.1, 0.15) is 75.3 Å². The Morgan fingerprint density at radius 1 is 1.30 bits per heavy atom. The Balaban J connectivity index is 1.48. The molecule has 178 valence electrons. The van der Waals surface area contributed by atoms with Gasteiger partial charge >= 0.3 is 0 Å². The summed E-state index contributed by atoms with van der Waals surface area (Å²) >= 11 is 0. The molecule has 0 radical (unpaired) electrons. The van der Waals surface area contributed by atoms with Gasteiger partial charge in [-0.3, -0.25) is 4.79 Å². The van der Waals surface area contributed by atoms with Crippen molar-refractivity contribution in [1.82, 2.24) is 9.88 Å². The summed E-state index contributed by atoms with van der Waals surface area (Å²) in [6, 6.07) is 2.57. The predicted molar refractivity (Wildman–Crippen MR) is 125 cm³/mol. The highest BCUT2D eigenvalue weighted by Crippen LogP contribution is 2.46. The van der Waals surface area contributed by atoms with E-state index >= 15 is 0 Å². The second-order valence-corrected chi connectivity index (χ2v) is 11.3. The lowest BCUT2D eigenvalue weighted by molar-refractivity contribution is -0.136. The van der Waals surface area contributed by atoms with Crippen LogP contribution in [-0.4, -0.2) is 58.8 Å². The number of carbonyl (C=O) groups excluding carboxylic acids is 1. The summed E-state index contributed by atoms with van der Waals surface area (Å²) in [7, 11) is 0. The molecule has 2 aliphatic heterocycles. The van der Waals surface area contributed by atoms with Crippen LogP contribution in [0.3, 0.4) is 0 Å². The van der Waals surface area contributed by atoms with Gasteiger partial charge in [-0.05, 0) is 50.5 Å². The number of aliphatic hydroxyl groups excluding tert-OH is 1. The van der Waals surface area contributed by atoms with E-state index in [0.29, 0.717) is 43.6 Å². The molecule has 4 aliphatic rings. The minimum Gasteiger partial charge on any atom is -0.396 e. The molecule has 2 aliphatic carbocycles. The molecule has 3 atom stereocenters. The number of fused-ring (bicyclic) bond motifs is 1. The Labute approximate surface area is 196 Å². The zero-order valence-electron chi connectivity index (χ0n) is 20.3. The lowest BCUT2D eigenvalue weighted by Gasteiger charge is -2.45. The average molecular weight is 453 g/mol. The molecule has 7 heteroatoms. The van der Waals surface area contributed by atoms with Crippen LogP contribution < -0.4 is 4.90 Å². The average Bonchev–Trinajstić information content (AvgIpc) is 3.70. The molecule has 3 heterocycles. The van der Waals surface area contributed by atoms with Gasteiger partial charge in [-0.1, -0.05) is 13.8 Å². The summed E-state index contributed by atoms with van der Waals surface area (Å²) in [5.74, 6) is 1.85. The highest BCUT2D eigenvalue weighted by atomic mass is 16.5. The first-order valence-corrected chi connectivity index (χ1v) is 12.5. The number of hydrogen-bond donors (Lipinski definition) is 1. The fraction of sp³-hybridized carbons (Fsp3) is 0.731. The molecule has 1 amide bonds. The maximum atomic E-state index is 13.1. The van der Waals surface area contributed by atoms with Gasteiger partial charge in [0.05, 0.1) is 29.5 Å². The number of rotatable bonds is 5. The van der Waals surface area contributed by atoms with Crippen molar-refractivity contribution in [3.8, 4) is 6.07 Å². The highest BCUT2D eigenvalue weighted by molar-refractivity contribution is 5.82. The monoisotopic (exact) mass is 452 g/mol. The lowest BCUT2D eigenvalue weighted by Crippen LogP contribution is -2.58. The zero-order chi connectivity index (χ0) is 23.5. The quantitative estimate of drug-likeness (QED) is 0.739. The van der Waals surface area contributed by atoms with Crippen LogP contribution in [0.15, 0.2) is 0 Å². The van der Waals surface area contributed by atoms with E-state index in [0.717, 1.165) is 48.3 Å². The molecule has 7 nitrogen and oxygen atoms in total. The first-order chi connectivity index (χ1) is 15.7. The summed E-state index contributed by atoms with van der Waals surface area (Å²) in [5.41, 5.74) is 3.77. The Morgan fingerprint density at radius 2 is 2.06 bits per heavy atom. The Bertz CT molecular complexity index is 994. The van der Waals surface area contributed by atoms with Crippen LogP contribution in [-0.2, 0) is 22.6 Å². The number of carbonyl (C=O) groups is 1. The van der Waals surface area contributed by atoms with Gasteiger partial charge in [0.25, 0.3) is 0 Å². The first kappa shape index (κ1) is 22.6. The number of pyridine rings is 1. The van der Waals surface area contributed by atoms with Crippen molar-refractivity contribution in [2.75, 3.05) is 31.1 Å². The van der Waals surface area contributed by atoms with Crippen molar-refractivity contribution in [3.63, 3.8) is 0 Å². The highest BCUT2D eigenvalue weighted by Gasteiger charge is 2.47. The van der Waals surface area contributed by atoms with Crippen LogP contribution >= 0.6 is 0 Å². The number of aliphatic hydroxyl groups is 1. The molecule has 1 saturated heterocycles. The molecule has 3 fully saturated rings. The Hall–Kier alpha value is -2.17. The molecule has 0 bridgehead atoms. The molecular formula is C26H36N4O3. The maximum Gasteiger partial charge on any atom is 0.226 e. The molecular weight excluding hydrogens is 416 g/mol. The fourth-order valence-electron chi connectivity index (χ4n) is 5.63. The standard InChI is InChI=1S/C26H36N4O3/c1-15(2)22-12-29(7-8-30(22)25(32)18-9-17(18)13-31)24-20(11-27)19-10-26(3,4)33-14-21(19)23(28-24)16-5-6-16/h15-18,22,31H,5-10,12-14H2,1-4H3/t17-,18?,22-/m0/s1. The first-order valence-electron chi connectivity index (χ1n) is 12.5. The van der Waals surface area contributed by atoms with E-state index in [4.69, 9.17) is 9.72 Å². The van der Waals surface area contributed by atoms with Crippen LogP contribution in [0.4, 0.5) is 5.82 Å². The Kier molecular flexibility index (Phi) is 5.65. The van der Waals surface area contributed by atoms with Gasteiger partial charge in [0, 0.05) is 50.1 Å². The molecule has 1 aromatic rings. The number of piperazine rings is 1. The normalized spacial score (nSPS) is 28.5.